The standard InChI is InChI=1S/C13H22N4O3/c1-4-6-7-15-10(18)8-20-13(19)12-11(14)9(5-2)16-17(12)3/h4-8,14H2,1-3H3,(H,15,18). The van der Waals surface area contributed by atoms with Crippen molar-refractivity contribution in [1.82, 2.24) is 15.1 Å². The van der Waals surface area contributed by atoms with E-state index in [9.17, 15) is 9.59 Å². The van der Waals surface area contributed by atoms with Crippen LogP contribution in [0.1, 0.15) is 42.9 Å². The Morgan fingerprint density at radius 1 is 1.40 bits per heavy atom. The summed E-state index contributed by atoms with van der Waals surface area (Å²) in [5.74, 6) is -0.953. The quantitative estimate of drug-likeness (QED) is 0.564. The molecule has 7 heteroatoms. The zero-order chi connectivity index (χ0) is 15.1. The normalized spacial score (nSPS) is 10.3. The molecule has 0 aliphatic carbocycles. The van der Waals surface area contributed by atoms with Crippen molar-refractivity contribution in [2.24, 2.45) is 7.05 Å². The van der Waals surface area contributed by atoms with E-state index in [-0.39, 0.29) is 18.2 Å². The van der Waals surface area contributed by atoms with E-state index in [0.29, 0.717) is 24.3 Å². The van der Waals surface area contributed by atoms with Crippen molar-refractivity contribution < 1.29 is 14.3 Å². The molecule has 0 atom stereocenters. The number of esters is 1. The van der Waals surface area contributed by atoms with E-state index in [4.69, 9.17) is 10.5 Å². The highest BCUT2D eigenvalue weighted by molar-refractivity contribution is 5.95. The summed E-state index contributed by atoms with van der Waals surface area (Å²) in [5.41, 5.74) is 6.98. The van der Waals surface area contributed by atoms with Crippen molar-refractivity contribution >= 4 is 17.6 Å². The molecule has 1 heterocycles. The summed E-state index contributed by atoms with van der Waals surface area (Å²) < 4.78 is 6.33. The zero-order valence-electron chi connectivity index (χ0n) is 12.2. The highest BCUT2D eigenvalue weighted by Gasteiger charge is 2.21. The molecule has 0 saturated carbocycles. The third kappa shape index (κ3) is 3.97. The van der Waals surface area contributed by atoms with Crippen molar-refractivity contribution in [3.8, 4) is 0 Å². The molecule has 112 valence electrons. The first-order chi connectivity index (χ1) is 9.51. The third-order valence-corrected chi connectivity index (χ3v) is 2.88. The van der Waals surface area contributed by atoms with Crippen LogP contribution in [0.3, 0.4) is 0 Å². The number of carbonyl (C=O) groups excluding carboxylic acids is 2. The van der Waals surface area contributed by atoms with Crippen molar-refractivity contribution in [3.63, 3.8) is 0 Å². The van der Waals surface area contributed by atoms with Gasteiger partial charge in [-0.2, -0.15) is 5.10 Å². The molecule has 0 aromatic carbocycles. The van der Waals surface area contributed by atoms with Crippen LogP contribution in [-0.4, -0.2) is 34.8 Å². The van der Waals surface area contributed by atoms with Gasteiger partial charge in [0.15, 0.2) is 12.3 Å². The van der Waals surface area contributed by atoms with Gasteiger partial charge < -0.3 is 15.8 Å². The van der Waals surface area contributed by atoms with Gasteiger partial charge in [-0.25, -0.2) is 4.79 Å². The van der Waals surface area contributed by atoms with Crippen molar-refractivity contribution in [1.29, 1.82) is 0 Å². The van der Waals surface area contributed by atoms with Crippen molar-refractivity contribution in [2.75, 3.05) is 18.9 Å². The molecule has 3 N–H and O–H groups in total. The van der Waals surface area contributed by atoms with E-state index in [1.807, 2.05) is 13.8 Å². The van der Waals surface area contributed by atoms with Crippen LogP contribution in [0.15, 0.2) is 0 Å². The number of hydrogen-bond donors (Lipinski definition) is 2. The number of rotatable bonds is 7. The minimum absolute atomic E-state index is 0.184. The predicted molar refractivity (Wildman–Crippen MR) is 75.2 cm³/mol. The van der Waals surface area contributed by atoms with Crippen molar-refractivity contribution in [3.05, 3.63) is 11.4 Å². The van der Waals surface area contributed by atoms with Gasteiger partial charge in [-0.15, -0.1) is 0 Å². The highest BCUT2D eigenvalue weighted by Crippen LogP contribution is 2.17. The molecule has 0 radical (unpaired) electrons. The number of nitrogens with zero attached hydrogens (tertiary/aromatic N) is 2. The third-order valence-electron chi connectivity index (χ3n) is 2.88. The van der Waals surface area contributed by atoms with Crippen LogP contribution in [0.2, 0.25) is 0 Å². The maximum Gasteiger partial charge on any atom is 0.359 e. The lowest BCUT2D eigenvalue weighted by Crippen LogP contribution is -2.30. The molecule has 1 rings (SSSR count). The lowest BCUT2D eigenvalue weighted by molar-refractivity contribution is -0.124. The fourth-order valence-electron chi connectivity index (χ4n) is 1.75. The Morgan fingerprint density at radius 2 is 2.10 bits per heavy atom. The average Bonchev–Trinajstić information content (AvgIpc) is 2.71. The largest absolute Gasteiger partial charge is 0.451 e. The smallest absolute Gasteiger partial charge is 0.359 e. The number of anilines is 1. The number of unbranched alkanes of at least 4 members (excludes halogenated alkanes) is 1. The zero-order valence-corrected chi connectivity index (χ0v) is 12.2. The first-order valence-electron chi connectivity index (χ1n) is 6.76. The van der Waals surface area contributed by atoms with Crippen LogP contribution < -0.4 is 11.1 Å². The number of nitrogen functional groups attached to an aromatic ring is 1. The molecule has 0 aliphatic heterocycles. The molecule has 7 nitrogen and oxygen atoms in total. The number of carbonyl (C=O) groups is 2. The molecule has 0 bridgehead atoms. The van der Waals surface area contributed by atoms with E-state index in [1.165, 1.54) is 4.68 Å². The molecule has 0 fully saturated rings. The predicted octanol–water partition coefficient (Wildman–Crippen LogP) is 0.638. The van der Waals surface area contributed by atoms with E-state index in [2.05, 4.69) is 10.4 Å². The van der Waals surface area contributed by atoms with Gasteiger partial charge in [0.2, 0.25) is 0 Å². The Morgan fingerprint density at radius 3 is 2.65 bits per heavy atom. The number of aryl methyl sites for hydroxylation is 2. The first kappa shape index (κ1) is 16.0. The average molecular weight is 282 g/mol. The molecule has 20 heavy (non-hydrogen) atoms. The summed E-state index contributed by atoms with van der Waals surface area (Å²) in [6, 6.07) is 0. The molecule has 0 unspecified atom stereocenters. The number of ether oxygens (including phenoxy) is 1. The summed E-state index contributed by atoms with van der Waals surface area (Å²) in [4.78, 5) is 23.3. The second-order valence-corrected chi connectivity index (χ2v) is 4.47. The Kier molecular flexibility index (Phi) is 6.02. The monoisotopic (exact) mass is 282 g/mol. The second-order valence-electron chi connectivity index (χ2n) is 4.47. The molecular weight excluding hydrogens is 260 g/mol. The summed E-state index contributed by atoms with van der Waals surface area (Å²) in [6.07, 6.45) is 2.52. The molecule has 1 aromatic heterocycles. The minimum Gasteiger partial charge on any atom is -0.451 e. The lowest BCUT2D eigenvalue weighted by atomic mass is 10.2. The second kappa shape index (κ2) is 7.52. The van der Waals surface area contributed by atoms with Gasteiger partial charge >= 0.3 is 5.97 Å². The van der Waals surface area contributed by atoms with Gasteiger partial charge in [0, 0.05) is 13.6 Å². The Hall–Kier alpha value is -2.05. The number of hydrogen-bond acceptors (Lipinski definition) is 5. The number of nitrogens with one attached hydrogen (secondary N) is 1. The molecule has 1 aromatic rings. The van der Waals surface area contributed by atoms with Crippen molar-refractivity contribution in [2.45, 2.75) is 33.1 Å². The summed E-state index contributed by atoms with van der Waals surface area (Å²) in [6.45, 7) is 4.20. The molecule has 0 aliphatic rings. The maximum absolute atomic E-state index is 11.9. The Balaban J connectivity index is 2.55. The van der Waals surface area contributed by atoms with Gasteiger partial charge in [-0.05, 0) is 12.8 Å². The Bertz CT molecular complexity index is 482. The maximum atomic E-state index is 11.9. The minimum atomic E-state index is -0.636. The molecular formula is C13H22N4O3. The Labute approximate surface area is 118 Å². The van der Waals surface area contributed by atoms with Gasteiger partial charge in [0.25, 0.3) is 5.91 Å². The van der Waals surface area contributed by atoms with Crippen LogP contribution in [0, 0.1) is 0 Å². The van der Waals surface area contributed by atoms with Crippen LogP contribution in [-0.2, 0) is 23.0 Å². The molecule has 0 saturated heterocycles. The number of aromatic nitrogens is 2. The van der Waals surface area contributed by atoms with E-state index in [1.54, 1.807) is 7.05 Å². The van der Waals surface area contributed by atoms with E-state index < -0.39 is 5.97 Å². The summed E-state index contributed by atoms with van der Waals surface area (Å²) in [7, 11) is 1.62. The fourth-order valence-corrected chi connectivity index (χ4v) is 1.75. The van der Waals surface area contributed by atoms with Gasteiger partial charge in [0.05, 0.1) is 11.4 Å². The SMILES string of the molecule is CCCCNC(=O)COC(=O)c1c(N)c(CC)nn1C. The van der Waals surface area contributed by atoms with Crippen LogP contribution in [0.25, 0.3) is 0 Å². The lowest BCUT2D eigenvalue weighted by Gasteiger charge is -2.06. The topological polar surface area (TPSA) is 99.2 Å². The van der Waals surface area contributed by atoms with E-state index in [0.717, 1.165) is 12.8 Å². The molecule has 0 spiro atoms. The first-order valence-corrected chi connectivity index (χ1v) is 6.76. The van der Waals surface area contributed by atoms with Gasteiger partial charge in [0.1, 0.15) is 0 Å². The highest BCUT2D eigenvalue weighted by atomic mass is 16.5. The van der Waals surface area contributed by atoms with Crippen LogP contribution in [0.5, 0.6) is 0 Å². The fraction of sp³-hybridized carbons (Fsp3) is 0.615. The van der Waals surface area contributed by atoms with E-state index >= 15 is 0 Å². The van der Waals surface area contributed by atoms with Gasteiger partial charge in [-0.1, -0.05) is 20.3 Å². The van der Waals surface area contributed by atoms with Crippen LogP contribution >= 0.6 is 0 Å². The number of amides is 1. The van der Waals surface area contributed by atoms with Gasteiger partial charge in [-0.3, -0.25) is 9.48 Å². The number of nitrogens with two attached hydrogens (primary N) is 1. The van der Waals surface area contributed by atoms with Crippen LogP contribution in [0.4, 0.5) is 5.69 Å². The summed E-state index contributed by atoms with van der Waals surface area (Å²) >= 11 is 0. The molecule has 1 amide bonds. The summed E-state index contributed by atoms with van der Waals surface area (Å²) in [5, 5.41) is 6.79.